The first-order valence-electron chi connectivity index (χ1n) is 11.7. The highest BCUT2D eigenvalue weighted by Gasteiger charge is 2.33. The Morgan fingerprint density at radius 1 is 0.946 bits per heavy atom. The van der Waals surface area contributed by atoms with Crippen LogP contribution in [0.25, 0.3) is 10.9 Å². The maximum atomic E-state index is 12.9. The molecule has 202 valence electrons. The van der Waals surface area contributed by atoms with Gasteiger partial charge in [-0.05, 0) is 30.9 Å². The number of aliphatic hydroxyl groups excluding tert-OH is 1. The summed E-state index contributed by atoms with van der Waals surface area (Å²) in [7, 11) is 0. The van der Waals surface area contributed by atoms with E-state index in [-0.39, 0.29) is 6.42 Å². The number of fused-ring (bicyclic) bond motifs is 1. The second kappa shape index (κ2) is 12.8. The van der Waals surface area contributed by atoms with Gasteiger partial charge in [-0.3, -0.25) is 19.2 Å². The summed E-state index contributed by atoms with van der Waals surface area (Å²) >= 11 is 0. The molecule has 1 aromatic carbocycles. The maximum absolute atomic E-state index is 12.9. The van der Waals surface area contributed by atoms with Crippen molar-refractivity contribution in [3.8, 4) is 0 Å². The van der Waals surface area contributed by atoms with Crippen LogP contribution in [-0.4, -0.2) is 75.1 Å². The third-order valence-electron chi connectivity index (χ3n) is 5.78. The van der Waals surface area contributed by atoms with E-state index in [1.807, 2.05) is 24.3 Å². The highest BCUT2D eigenvalue weighted by Crippen LogP contribution is 2.18. The van der Waals surface area contributed by atoms with Crippen molar-refractivity contribution in [2.75, 3.05) is 0 Å². The summed E-state index contributed by atoms with van der Waals surface area (Å²) in [6, 6.07) is 2.03. The lowest BCUT2D eigenvalue weighted by molar-refractivity contribution is -0.143. The molecular formula is C24H34N6O7. The number of aromatic nitrogens is 1. The first kappa shape index (κ1) is 29.3. The molecule has 0 aliphatic carbocycles. The predicted octanol–water partition coefficient (Wildman–Crippen LogP) is -1.51. The van der Waals surface area contributed by atoms with Crippen molar-refractivity contribution < 1.29 is 34.2 Å². The van der Waals surface area contributed by atoms with Crippen molar-refractivity contribution in [3.05, 3.63) is 36.0 Å². The smallest absolute Gasteiger partial charge is 0.326 e. The van der Waals surface area contributed by atoms with E-state index in [4.69, 9.17) is 11.5 Å². The molecule has 0 radical (unpaired) electrons. The number of nitrogens with one attached hydrogen (secondary N) is 4. The van der Waals surface area contributed by atoms with Crippen LogP contribution < -0.4 is 27.4 Å². The van der Waals surface area contributed by atoms with Gasteiger partial charge >= 0.3 is 5.97 Å². The van der Waals surface area contributed by atoms with Crippen LogP contribution in [-0.2, 0) is 30.4 Å². The number of H-pyrrole nitrogens is 1. The Morgan fingerprint density at radius 2 is 1.57 bits per heavy atom. The number of para-hydroxylation sites is 1. The molecule has 1 aromatic heterocycles. The van der Waals surface area contributed by atoms with Crippen LogP contribution in [0.4, 0.5) is 0 Å². The fraction of sp³-hybridized carbons (Fsp3) is 0.458. The predicted molar refractivity (Wildman–Crippen MR) is 134 cm³/mol. The standard InChI is InChI=1S/C24H34N6O7/c1-11(2)19(24(36)37)29-22(34)17(9-18(26)32)28-23(35)20(12(3)31)30-21(33)15(25)8-13-10-27-16-7-5-4-6-14(13)16/h4-7,10-12,15,17,19-20,27,31H,8-9,25H2,1-3H3,(H2,26,32)(H,28,35)(H,29,34)(H,30,33)(H,36,37). The van der Waals surface area contributed by atoms with Gasteiger partial charge in [-0.25, -0.2) is 4.79 Å². The van der Waals surface area contributed by atoms with E-state index in [1.54, 1.807) is 20.0 Å². The Bertz CT molecular complexity index is 1150. The van der Waals surface area contributed by atoms with Crippen molar-refractivity contribution in [3.63, 3.8) is 0 Å². The maximum Gasteiger partial charge on any atom is 0.326 e. The normalized spacial score (nSPS) is 15.3. The van der Waals surface area contributed by atoms with Crippen molar-refractivity contribution in [1.29, 1.82) is 0 Å². The Balaban J connectivity index is 2.11. The first-order valence-corrected chi connectivity index (χ1v) is 11.7. The third kappa shape index (κ3) is 8.02. The third-order valence-corrected chi connectivity index (χ3v) is 5.78. The van der Waals surface area contributed by atoms with Crippen LogP contribution in [0.5, 0.6) is 0 Å². The Kier molecular flexibility index (Phi) is 10.1. The van der Waals surface area contributed by atoms with Gasteiger partial charge in [0.25, 0.3) is 0 Å². The number of benzene rings is 1. The molecular weight excluding hydrogens is 484 g/mol. The quantitative estimate of drug-likeness (QED) is 0.155. The van der Waals surface area contributed by atoms with Crippen LogP contribution in [0.2, 0.25) is 0 Å². The van der Waals surface area contributed by atoms with Crippen LogP contribution in [0, 0.1) is 5.92 Å². The van der Waals surface area contributed by atoms with E-state index in [0.29, 0.717) is 0 Å². The molecule has 5 unspecified atom stereocenters. The van der Waals surface area contributed by atoms with Crippen molar-refractivity contribution in [2.45, 2.75) is 63.9 Å². The van der Waals surface area contributed by atoms with Crippen LogP contribution in [0.15, 0.2) is 30.5 Å². The molecule has 0 saturated heterocycles. The fourth-order valence-corrected chi connectivity index (χ4v) is 3.74. The number of rotatable bonds is 13. The highest BCUT2D eigenvalue weighted by molar-refractivity contribution is 5.96. The van der Waals surface area contributed by atoms with Gasteiger partial charge < -0.3 is 42.6 Å². The number of carboxylic acids is 1. The van der Waals surface area contributed by atoms with E-state index < -0.39 is 72.2 Å². The van der Waals surface area contributed by atoms with Gasteiger partial charge in [0.15, 0.2) is 0 Å². The van der Waals surface area contributed by atoms with E-state index in [1.165, 1.54) is 6.92 Å². The first-order chi connectivity index (χ1) is 17.3. The van der Waals surface area contributed by atoms with Gasteiger partial charge in [0.2, 0.25) is 23.6 Å². The lowest BCUT2D eigenvalue weighted by Gasteiger charge is -2.26. The van der Waals surface area contributed by atoms with E-state index in [0.717, 1.165) is 16.5 Å². The molecule has 0 fully saturated rings. The Morgan fingerprint density at radius 3 is 2.14 bits per heavy atom. The van der Waals surface area contributed by atoms with Gasteiger partial charge in [-0.2, -0.15) is 0 Å². The Hall–Kier alpha value is -3.97. The van der Waals surface area contributed by atoms with Gasteiger partial charge in [0, 0.05) is 17.1 Å². The van der Waals surface area contributed by atoms with Gasteiger partial charge in [0.1, 0.15) is 18.1 Å². The lowest BCUT2D eigenvalue weighted by atomic mass is 10.0. The summed E-state index contributed by atoms with van der Waals surface area (Å²) in [4.78, 5) is 64.3. The zero-order chi connectivity index (χ0) is 27.9. The van der Waals surface area contributed by atoms with Crippen molar-refractivity contribution in [2.24, 2.45) is 17.4 Å². The number of nitrogens with two attached hydrogens (primary N) is 2. The summed E-state index contributed by atoms with van der Waals surface area (Å²) in [5.41, 5.74) is 12.9. The molecule has 0 bridgehead atoms. The summed E-state index contributed by atoms with van der Waals surface area (Å²) < 4.78 is 0. The molecule has 0 aliphatic heterocycles. The molecule has 0 aliphatic rings. The number of amides is 4. The molecule has 13 nitrogen and oxygen atoms in total. The molecule has 10 N–H and O–H groups in total. The molecule has 1 heterocycles. The summed E-state index contributed by atoms with van der Waals surface area (Å²) in [6.07, 6.45) is -0.167. The lowest BCUT2D eigenvalue weighted by Crippen LogP contribution is -2.60. The molecule has 0 saturated carbocycles. The molecule has 5 atom stereocenters. The number of aliphatic carboxylic acids is 1. The topological polar surface area (TPSA) is 230 Å². The fourth-order valence-electron chi connectivity index (χ4n) is 3.74. The molecule has 37 heavy (non-hydrogen) atoms. The minimum atomic E-state index is -1.54. The van der Waals surface area contributed by atoms with Crippen LogP contribution in [0.3, 0.4) is 0 Å². The molecule has 13 heteroatoms. The van der Waals surface area contributed by atoms with Crippen LogP contribution >= 0.6 is 0 Å². The van der Waals surface area contributed by atoms with Crippen LogP contribution in [0.1, 0.15) is 32.8 Å². The zero-order valence-electron chi connectivity index (χ0n) is 20.9. The molecule has 2 rings (SSSR count). The van der Waals surface area contributed by atoms with Gasteiger partial charge in [-0.15, -0.1) is 0 Å². The number of aliphatic hydroxyl groups is 1. The summed E-state index contributed by atoms with van der Waals surface area (Å²) in [5.74, 6) is -5.40. The second-order valence-electron chi connectivity index (χ2n) is 9.20. The van der Waals surface area contributed by atoms with E-state index in [2.05, 4.69) is 20.9 Å². The summed E-state index contributed by atoms with van der Waals surface area (Å²) in [5, 5.41) is 27.2. The monoisotopic (exact) mass is 518 g/mol. The van der Waals surface area contributed by atoms with Crippen molar-refractivity contribution in [1.82, 2.24) is 20.9 Å². The van der Waals surface area contributed by atoms with E-state index in [9.17, 15) is 34.2 Å². The number of carbonyl (C=O) groups excluding carboxylic acids is 4. The molecule has 4 amide bonds. The van der Waals surface area contributed by atoms with Crippen molar-refractivity contribution >= 4 is 40.5 Å². The van der Waals surface area contributed by atoms with E-state index >= 15 is 0 Å². The average molecular weight is 519 g/mol. The minimum absolute atomic E-state index is 0.141. The highest BCUT2D eigenvalue weighted by atomic mass is 16.4. The zero-order valence-corrected chi connectivity index (χ0v) is 20.9. The van der Waals surface area contributed by atoms with Gasteiger partial charge in [-0.1, -0.05) is 32.0 Å². The summed E-state index contributed by atoms with van der Waals surface area (Å²) in [6.45, 7) is 4.39. The number of primary amides is 1. The number of aromatic amines is 1. The molecule has 2 aromatic rings. The SMILES string of the molecule is CC(C)C(NC(=O)C(CC(N)=O)NC(=O)C(NC(=O)C(N)Cc1c[nH]c2ccccc12)C(C)O)C(=O)O. The average Bonchev–Trinajstić information content (AvgIpc) is 3.21. The minimum Gasteiger partial charge on any atom is -0.480 e. The van der Waals surface area contributed by atoms with Gasteiger partial charge in [0.05, 0.1) is 18.6 Å². The number of carboxylic acid groups (broad SMARTS) is 1. The Labute approximate surface area is 213 Å². The molecule has 0 spiro atoms. The largest absolute Gasteiger partial charge is 0.480 e. The second-order valence-corrected chi connectivity index (χ2v) is 9.20. The number of hydrogen-bond acceptors (Lipinski definition) is 7. The number of hydrogen-bond donors (Lipinski definition) is 8. The number of carbonyl (C=O) groups is 5.